The number of rotatable bonds is 4. The van der Waals surface area contributed by atoms with Crippen LogP contribution in [-0.4, -0.2) is 23.7 Å². The summed E-state index contributed by atoms with van der Waals surface area (Å²) in [5, 5.41) is 12.8. The highest BCUT2D eigenvalue weighted by molar-refractivity contribution is 6.36. The molecule has 0 bridgehead atoms. The van der Waals surface area contributed by atoms with Gasteiger partial charge in [-0.05, 0) is 30.0 Å². The van der Waals surface area contributed by atoms with Crippen molar-refractivity contribution in [3.63, 3.8) is 0 Å². The van der Waals surface area contributed by atoms with Gasteiger partial charge >= 0.3 is 0 Å². The lowest BCUT2D eigenvalue weighted by Gasteiger charge is -2.31. The van der Waals surface area contributed by atoms with Gasteiger partial charge in [-0.15, -0.1) is 0 Å². The van der Waals surface area contributed by atoms with Crippen LogP contribution in [0.15, 0.2) is 18.2 Å². The summed E-state index contributed by atoms with van der Waals surface area (Å²) < 4.78 is 0. The fourth-order valence-corrected chi connectivity index (χ4v) is 2.25. The highest BCUT2D eigenvalue weighted by Gasteiger charge is 2.26. The van der Waals surface area contributed by atoms with Gasteiger partial charge in [0.15, 0.2) is 0 Å². The van der Waals surface area contributed by atoms with Crippen LogP contribution >= 0.6 is 23.2 Å². The van der Waals surface area contributed by atoms with Crippen molar-refractivity contribution in [3.05, 3.63) is 33.8 Å². The SMILES string of the molecule is CC(C)(C)C(CCO)NC(=O)c1ccc(Cl)cc1Cl. The smallest absolute Gasteiger partial charge is 0.253 e. The molecule has 0 radical (unpaired) electrons. The maximum atomic E-state index is 12.2. The Morgan fingerprint density at radius 1 is 1.37 bits per heavy atom. The highest BCUT2D eigenvalue weighted by atomic mass is 35.5. The number of hydrogen-bond acceptors (Lipinski definition) is 2. The number of hydrogen-bond donors (Lipinski definition) is 2. The lowest BCUT2D eigenvalue weighted by atomic mass is 9.85. The molecule has 3 nitrogen and oxygen atoms in total. The Labute approximate surface area is 123 Å². The molecule has 0 aliphatic rings. The van der Waals surface area contributed by atoms with Crippen LogP contribution < -0.4 is 5.32 Å². The third-order valence-electron chi connectivity index (χ3n) is 2.94. The van der Waals surface area contributed by atoms with E-state index < -0.39 is 0 Å². The first-order valence-electron chi connectivity index (χ1n) is 6.12. The zero-order valence-corrected chi connectivity index (χ0v) is 12.8. The predicted molar refractivity (Wildman–Crippen MR) is 78.9 cm³/mol. The van der Waals surface area contributed by atoms with Gasteiger partial charge in [-0.2, -0.15) is 0 Å². The minimum absolute atomic E-state index is 0.0244. The average Bonchev–Trinajstić information content (AvgIpc) is 2.26. The molecule has 1 rings (SSSR count). The zero-order chi connectivity index (χ0) is 14.6. The first-order chi connectivity index (χ1) is 8.75. The molecule has 0 aliphatic carbocycles. The van der Waals surface area contributed by atoms with E-state index in [1.54, 1.807) is 12.1 Å². The molecule has 1 atom stereocenters. The topological polar surface area (TPSA) is 49.3 Å². The van der Waals surface area contributed by atoms with Crippen LogP contribution in [0.5, 0.6) is 0 Å². The number of aliphatic hydroxyl groups is 1. The number of carbonyl (C=O) groups is 1. The number of carbonyl (C=O) groups excluding carboxylic acids is 1. The van der Waals surface area contributed by atoms with Crippen LogP contribution in [0.2, 0.25) is 10.0 Å². The molecule has 19 heavy (non-hydrogen) atoms. The van der Waals surface area contributed by atoms with Crippen molar-refractivity contribution in [1.29, 1.82) is 0 Å². The largest absolute Gasteiger partial charge is 0.396 e. The molecule has 0 aromatic heterocycles. The Morgan fingerprint density at radius 2 is 2.00 bits per heavy atom. The molecule has 106 valence electrons. The van der Waals surface area contributed by atoms with Crippen molar-refractivity contribution in [2.24, 2.45) is 5.41 Å². The molecule has 0 saturated heterocycles. The maximum absolute atomic E-state index is 12.2. The van der Waals surface area contributed by atoms with Gasteiger partial charge in [-0.1, -0.05) is 44.0 Å². The van der Waals surface area contributed by atoms with Crippen LogP contribution in [0.1, 0.15) is 37.6 Å². The van der Waals surface area contributed by atoms with Crippen molar-refractivity contribution >= 4 is 29.1 Å². The van der Waals surface area contributed by atoms with E-state index in [9.17, 15) is 4.79 Å². The van der Waals surface area contributed by atoms with Gasteiger partial charge in [0.25, 0.3) is 5.91 Å². The molecule has 1 amide bonds. The highest BCUT2D eigenvalue weighted by Crippen LogP contribution is 2.24. The van der Waals surface area contributed by atoms with Crippen LogP contribution in [0.3, 0.4) is 0 Å². The summed E-state index contributed by atoms with van der Waals surface area (Å²) >= 11 is 11.8. The standard InChI is InChI=1S/C14H19Cl2NO2/c1-14(2,3)12(6-7-18)17-13(19)10-5-4-9(15)8-11(10)16/h4-5,8,12,18H,6-7H2,1-3H3,(H,17,19). The van der Waals surface area contributed by atoms with E-state index in [1.807, 2.05) is 20.8 Å². The number of aliphatic hydroxyl groups excluding tert-OH is 1. The molecule has 0 spiro atoms. The Kier molecular flexibility index (Phi) is 5.65. The number of nitrogens with one attached hydrogen (secondary N) is 1. The second-order valence-electron chi connectivity index (χ2n) is 5.53. The molecule has 1 unspecified atom stereocenters. The van der Waals surface area contributed by atoms with Gasteiger partial charge in [-0.25, -0.2) is 0 Å². The van der Waals surface area contributed by atoms with Crippen molar-refractivity contribution < 1.29 is 9.90 Å². The van der Waals surface area contributed by atoms with Crippen molar-refractivity contribution in [2.75, 3.05) is 6.61 Å². The summed E-state index contributed by atoms with van der Waals surface area (Å²) in [6.45, 7) is 6.06. The lowest BCUT2D eigenvalue weighted by Crippen LogP contribution is -2.44. The van der Waals surface area contributed by atoms with Crippen molar-refractivity contribution in [2.45, 2.75) is 33.2 Å². The van der Waals surface area contributed by atoms with Gasteiger partial charge in [0.05, 0.1) is 10.6 Å². The Bertz CT molecular complexity index is 455. The molecule has 0 fully saturated rings. The fraction of sp³-hybridized carbons (Fsp3) is 0.500. The summed E-state index contributed by atoms with van der Waals surface area (Å²) in [6, 6.07) is 4.63. The molecule has 1 aromatic rings. The molecule has 1 aromatic carbocycles. The first-order valence-corrected chi connectivity index (χ1v) is 6.88. The van der Waals surface area contributed by atoms with E-state index in [0.29, 0.717) is 22.0 Å². The van der Waals surface area contributed by atoms with E-state index >= 15 is 0 Å². The second-order valence-corrected chi connectivity index (χ2v) is 6.37. The number of amides is 1. The third kappa shape index (κ3) is 4.68. The van der Waals surface area contributed by atoms with Crippen molar-refractivity contribution in [3.8, 4) is 0 Å². The van der Waals surface area contributed by atoms with Gasteiger partial charge in [-0.3, -0.25) is 4.79 Å². The summed E-state index contributed by atoms with van der Waals surface area (Å²) in [5.74, 6) is -0.255. The molecule has 0 saturated carbocycles. The molecule has 5 heteroatoms. The van der Waals surface area contributed by atoms with E-state index in [4.69, 9.17) is 28.3 Å². The number of halogens is 2. The van der Waals surface area contributed by atoms with E-state index in [-0.39, 0.29) is 24.0 Å². The van der Waals surface area contributed by atoms with Crippen LogP contribution in [0.4, 0.5) is 0 Å². The zero-order valence-electron chi connectivity index (χ0n) is 11.3. The van der Waals surface area contributed by atoms with Crippen LogP contribution in [0, 0.1) is 5.41 Å². The summed E-state index contributed by atoms with van der Waals surface area (Å²) in [6.07, 6.45) is 0.500. The molecular formula is C14H19Cl2NO2. The molecule has 2 N–H and O–H groups in total. The molecule has 0 aliphatic heterocycles. The summed E-state index contributed by atoms with van der Waals surface area (Å²) in [4.78, 5) is 12.2. The third-order valence-corrected chi connectivity index (χ3v) is 3.49. The van der Waals surface area contributed by atoms with Crippen molar-refractivity contribution in [1.82, 2.24) is 5.32 Å². The summed E-state index contributed by atoms with van der Waals surface area (Å²) in [7, 11) is 0. The minimum Gasteiger partial charge on any atom is -0.396 e. The Balaban J connectivity index is 2.88. The quantitative estimate of drug-likeness (QED) is 0.894. The first kappa shape index (κ1) is 16.3. The normalized spacial score (nSPS) is 13.2. The molecule has 0 heterocycles. The van der Waals surface area contributed by atoms with Crippen LogP contribution in [-0.2, 0) is 0 Å². The molecular weight excluding hydrogens is 285 g/mol. The van der Waals surface area contributed by atoms with Gasteiger partial charge < -0.3 is 10.4 Å². The number of benzene rings is 1. The second kappa shape index (κ2) is 6.60. The van der Waals surface area contributed by atoms with E-state index in [0.717, 1.165) is 0 Å². The fourth-order valence-electron chi connectivity index (χ4n) is 1.76. The van der Waals surface area contributed by atoms with E-state index in [2.05, 4.69) is 5.32 Å². The van der Waals surface area contributed by atoms with Gasteiger partial charge in [0, 0.05) is 17.7 Å². The monoisotopic (exact) mass is 303 g/mol. The maximum Gasteiger partial charge on any atom is 0.253 e. The Hall–Kier alpha value is -0.770. The minimum atomic E-state index is -0.255. The van der Waals surface area contributed by atoms with Crippen LogP contribution in [0.25, 0.3) is 0 Å². The average molecular weight is 304 g/mol. The van der Waals surface area contributed by atoms with E-state index in [1.165, 1.54) is 6.07 Å². The Morgan fingerprint density at radius 3 is 2.47 bits per heavy atom. The summed E-state index contributed by atoms with van der Waals surface area (Å²) in [5.41, 5.74) is 0.246. The predicted octanol–water partition coefficient (Wildman–Crippen LogP) is 3.52. The van der Waals surface area contributed by atoms with Gasteiger partial charge in [0.2, 0.25) is 0 Å². The lowest BCUT2D eigenvalue weighted by molar-refractivity contribution is 0.0885. The van der Waals surface area contributed by atoms with Gasteiger partial charge in [0.1, 0.15) is 0 Å².